The van der Waals surface area contributed by atoms with Crippen molar-refractivity contribution in [1.82, 2.24) is 19.9 Å². The summed E-state index contributed by atoms with van der Waals surface area (Å²) in [5.74, 6) is 0.640. The lowest BCUT2D eigenvalue weighted by atomic mass is 9.92. The summed E-state index contributed by atoms with van der Waals surface area (Å²) in [6.45, 7) is 12.1. The van der Waals surface area contributed by atoms with Crippen LogP contribution in [0.5, 0.6) is 5.88 Å². The van der Waals surface area contributed by atoms with E-state index in [1.54, 1.807) is 6.20 Å². The Morgan fingerprint density at radius 3 is 2.75 bits per heavy atom. The molecule has 0 aliphatic carbocycles. The Hall–Kier alpha value is -1.62. The van der Waals surface area contributed by atoms with Crippen LogP contribution < -0.4 is 10.1 Å². The van der Waals surface area contributed by atoms with E-state index in [0.717, 1.165) is 17.8 Å². The average molecular weight is 276 g/mol. The van der Waals surface area contributed by atoms with Crippen LogP contribution in [-0.2, 0) is 5.41 Å². The Balaban J connectivity index is 2.15. The predicted octanol–water partition coefficient (Wildman–Crippen LogP) is 2.40. The Bertz CT molecular complexity index is 569. The molecule has 20 heavy (non-hydrogen) atoms. The molecule has 0 saturated heterocycles. The highest BCUT2D eigenvalue weighted by Crippen LogP contribution is 2.25. The first-order valence-corrected chi connectivity index (χ1v) is 7.09. The molecule has 0 unspecified atom stereocenters. The predicted molar refractivity (Wildman–Crippen MR) is 80.3 cm³/mol. The van der Waals surface area contributed by atoms with Gasteiger partial charge in [0, 0.05) is 30.4 Å². The molecule has 0 bridgehead atoms. The van der Waals surface area contributed by atoms with Crippen molar-refractivity contribution < 1.29 is 4.74 Å². The molecule has 110 valence electrons. The maximum absolute atomic E-state index is 5.76. The van der Waals surface area contributed by atoms with Crippen molar-refractivity contribution in [3.63, 3.8) is 0 Å². The minimum Gasteiger partial charge on any atom is -0.475 e. The first kappa shape index (κ1) is 14.8. The van der Waals surface area contributed by atoms with Crippen molar-refractivity contribution in [1.29, 1.82) is 0 Å². The van der Waals surface area contributed by atoms with Gasteiger partial charge in [-0.05, 0) is 6.07 Å². The zero-order valence-corrected chi connectivity index (χ0v) is 13.0. The Kier molecular flexibility index (Phi) is 4.28. The number of hydrogen-bond donors (Lipinski definition) is 1. The maximum atomic E-state index is 5.76. The summed E-state index contributed by atoms with van der Waals surface area (Å²) in [4.78, 5) is 4.31. The Morgan fingerprint density at radius 1 is 1.35 bits per heavy atom. The summed E-state index contributed by atoms with van der Waals surface area (Å²) in [6.07, 6.45) is 3.57. The molecule has 0 aliphatic heterocycles. The molecule has 2 aromatic rings. The molecule has 5 nitrogen and oxygen atoms in total. The molecule has 2 heterocycles. The summed E-state index contributed by atoms with van der Waals surface area (Å²) >= 11 is 0. The molecule has 0 saturated carbocycles. The quantitative estimate of drug-likeness (QED) is 0.852. The first-order chi connectivity index (χ1) is 9.38. The van der Waals surface area contributed by atoms with Gasteiger partial charge in [0.25, 0.3) is 0 Å². The van der Waals surface area contributed by atoms with E-state index in [1.165, 1.54) is 0 Å². The smallest absolute Gasteiger partial charge is 0.240 e. The van der Waals surface area contributed by atoms with Crippen LogP contribution in [0.3, 0.4) is 0 Å². The molecule has 0 amide bonds. The molecular formula is C15H24N4O. The van der Waals surface area contributed by atoms with E-state index in [4.69, 9.17) is 4.74 Å². The van der Waals surface area contributed by atoms with Crippen molar-refractivity contribution >= 4 is 5.52 Å². The van der Waals surface area contributed by atoms with Gasteiger partial charge in [0.05, 0.1) is 5.69 Å². The van der Waals surface area contributed by atoms with Gasteiger partial charge in [0.1, 0.15) is 12.1 Å². The zero-order chi connectivity index (χ0) is 14.8. The molecule has 0 aliphatic rings. The van der Waals surface area contributed by atoms with Gasteiger partial charge in [0.15, 0.2) is 0 Å². The van der Waals surface area contributed by atoms with Crippen molar-refractivity contribution in [3.05, 3.63) is 24.2 Å². The highest BCUT2D eigenvalue weighted by molar-refractivity contribution is 5.57. The third kappa shape index (κ3) is 3.48. The van der Waals surface area contributed by atoms with Crippen LogP contribution >= 0.6 is 0 Å². The van der Waals surface area contributed by atoms with Crippen LogP contribution in [0.1, 0.15) is 40.3 Å². The molecule has 0 atom stereocenters. The van der Waals surface area contributed by atoms with Crippen molar-refractivity contribution in [2.45, 2.75) is 46.1 Å². The number of fused-ring (bicyclic) bond motifs is 1. The fraction of sp³-hybridized carbons (Fsp3) is 0.600. The molecule has 1 N–H and O–H groups in total. The molecular weight excluding hydrogens is 252 g/mol. The lowest BCUT2D eigenvalue weighted by Gasteiger charge is -2.13. The topological polar surface area (TPSA) is 51.5 Å². The minimum absolute atomic E-state index is 0.0164. The van der Waals surface area contributed by atoms with E-state index in [9.17, 15) is 0 Å². The number of rotatable bonds is 5. The van der Waals surface area contributed by atoms with Crippen LogP contribution in [0.2, 0.25) is 0 Å². The molecule has 2 aromatic heterocycles. The van der Waals surface area contributed by atoms with Gasteiger partial charge in [-0.2, -0.15) is 5.10 Å². The third-order valence-electron chi connectivity index (χ3n) is 3.02. The molecule has 0 spiro atoms. The lowest BCUT2D eigenvalue weighted by molar-refractivity contribution is 0.300. The molecule has 0 fully saturated rings. The molecule has 2 rings (SSSR count). The normalized spacial score (nSPS) is 12.3. The van der Waals surface area contributed by atoms with Gasteiger partial charge in [-0.15, -0.1) is 0 Å². The summed E-state index contributed by atoms with van der Waals surface area (Å²) in [6, 6.07) is 2.52. The van der Waals surface area contributed by atoms with Crippen LogP contribution in [0.4, 0.5) is 0 Å². The second kappa shape index (κ2) is 5.79. The van der Waals surface area contributed by atoms with Gasteiger partial charge in [-0.1, -0.05) is 34.6 Å². The van der Waals surface area contributed by atoms with Gasteiger partial charge >= 0.3 is 0 Å². The standard InChI is InChI=1S/C15H24N4O/c1-11(2)16-7-9-20-14-12-10-13(15(3,4)5)18-19(12)8-6-17-14/h6,8,10-11,16H,7,9H2,1-5H3. The third-order valence-corrected chi connectivity index (χ3v) is 3.02. The highest BCUT2D eigenvalue weighted by atomic mass is 16.5. The van der Waals surface area contributed by atoms with E-state index in [-0.39, 0.29) is 5.41 Å². The number of aromatic nitrogens is 3. The van der Waals surface area contributed by atoms with Gasteiger partial charge in [-0.3, -0.25) is 0 Å². The highest BCUT2D eigenvalue weighted by Gasteiger charge is 2.19. The van der Waals surface area contributed by atoms with Crippen molar-refractivity contribution in [2.75, 3.05) is 13.2 Å². The largest absolute Gasteiger partial charge is 0.475 e. The maximum Gasteiger partial charge on any atom is 0.240 e. The van der Waals surface area contributed by atoms with Crippen molar-refractivity contribution in [2.24, 2.45) is 0 Å². The van der Waals surface area contributed by atoms with E-state index in [1.807, 2.05) is 10.7 Å². The number of nitrogens with zero attached hydrogens (tertiary/aromatic N) is 3. The van der Waals surface area contributed by atoms with E-state index in [2.05, 4.69) is 56.1 Å². The summed E-state index contributed by atoms with van der Waals surface area (Å²) in [5.41, 5.74) is 1.97. The zero-order valence-electron chi connectivity index (χ0n) is 13.0. The average Bonchev–Trinajstić information content (AvgIpc) is 2.78. The molecule has 0 aromatic carbocycles. The van der Waals surface area contributed by atoms with E-state index < -0.39 is 0 Å². The summed E-state index contributed by atoms with van der Waals surface area (Å²) in [5, 5.41) is 7.90. The Labute approximate surface area is 120 Å². The fourth-order valence-corrected chi connectivity index (χ4v) is 1.87. The van der Waals surface area contributed by atoms with Gasteiger partial charge in [0.2, 0.25) is 5.88 Å². The number of hydrogen-bond acceptors (Lipinski definition) is 4. The fourth-order valence-electron chi connectivity index (χ4n) is 1.87. The van der Waals surface area contributed by atoms with Crippen molar-refractivity contribution in [3.8, 4) is 5.88 Å². The van der Waals surface area contributed by atoms with E-state index in [0.29, 0.717) is 18.5 Å². The minimum atomic E-state index is 0.0164. The van der Waals surface area contributed by atoms with Gasteiger partial charge in [-0.25, -0.2) is 9.50 Å². The number of ether oxygens (including phenoxy) is 1. The molecule has 5 heteroatoms. The van der Waals surface area contributed by atoms with Gasteiger partial charge < -0.3 is 10.1 Å². The summed E-state index contributed by atoms with van der Waals surface area (Å²) in [7, 11) is 0. The second-order valence-corrected chi connectivity index (χ2v) is 6.30. The first-order valence-electron chi connectivity index (χ1n) is 7.09. The molecule has 0 radical (unpaired) electrons. The monoisotopic (exact) mass is 276 g/mol. The van der Waals surface area contributed by atoms with Crippen LogP contribution in [0.15, 0.2) is 18.5 Å². The van der Waals surface area contributed by atoms with E-state index >= 15 is 0 Å². The Morgan fingerprint density at radius 2 is 2.10 bits per heavy atom. The SMILES string of the molecule is CC(C)NCCOc1nccn2nc(C(C)(C)C)cc12. The van der Waals surface area contributed by atoms with Crippen LogP contribution in [-0.4, -0.2) is 33.8 Å². The number of nitrogens with one attached hydrogen (secondary N) is 1. The summed E-state index contributed by atoms with van der Waals surface area (Å²) < 4.78 is 7.59. The van der Waals surface area contributed by atoms with Crippen LogP contribution in [0, 0.1) is 0 Å². The lowest BCUT2D eigenvalue weighted by Crippen LogP contribution is -2.27. The second-order valence-electron chi connectivity index (χ2n) is 6.30. The van der Waals surface area contributed by atoms with Crippen LogP contribution in [0.25, 0.3) is 5.52 Å².